The molecule has 9 heteroatoms. The first-order valence-corrected chi connectivity index (χ1v) is 6.61. The third-order valence-corrected chi connectivity index (χ3v) is 3.41. The van der Waals surface area contributed by atoms with Crippen molar-refractivity contribution in [1.82, 2.24) is 19.6 Å². The minimum absolute atomic E-state index is 0.133. The topological polar surface area (TPSA) is 64.7 Å². The summed E-state index contributed by atoms with van der Waals surface area (Å²) in [6, 6.07) is 6.44. The fourth-order valence-corrected chi connectivity index (χ4v) is 2.36. The van der Waals surface area contributed by atoms with E-state index in [9.17, 15) is 13.6 Å². The summed E-state index contributed by atoms with van der Waals surface area (Å²) in [6.07, 6.45) is 1.03. The zero-order valence-electron chi connectivity index (χ0n) is 11.3. The highest BCUT2D eigenvalue weighted by atomic mass is 35.5. The van der Waals surface area contributed by atoms with Crippen molar-refractivity contribution in [3.05, 3.63) is 41.2 Å². The monoisotopic (exact) mass is 325 g/mol. The molecule has 0 unspecified atom stereocenters. The number of carbonyl (C=O) groups is 1. The number of anilines is 1. The van der Waals surface area contributed by atoms with Gasteiger partial charge in [-0.15, -0.1) is 0 Å². The molecule has 6 nitrogen and oxygen atoms in total. The third-order valence-electron chi connectivity index (χ3n) is 3.10. The number of hydrogen-bond acceptors (Lipinski definition) is 3. The average molecular weight is 326 g/mol. The van der Waals surface area contributed by atoms with E-state index in [4.69, 9.17) is 11.6 Å². The summed E-state index contributed by atoms with van der Waals surface area (Å²) in [5.74, 6) is -0.390. The van der Waals surface area contributed by atoms with E-state index in [-0.39, 0.29) is 11.5 Å². The molecule has 0 fully saturated rings. The number of amides is 1. The number of rotatable bonds is 3. The van der Waals surface area contributed by atoms with Crippen LogP contribution in [0.2, 0.25) is 5.02 Å². The summed E-state index contributed by atoms with van der Waals surface area (Å²) in [7, 11) is 1.71. The van der Waals surface area contributed by atoms with Gasteiger partial charge in [-0.2, -0.15) is 19.0 Å². The van der Waals surface area contributed by atoms with E-state index >= 15 is 0 Å². The zero-order chi connectivity index (χ0) is 15.9. The lowest BCUT2D eigenvalue weighted by Crippen LogP contribution is -2.14. The molecule has 0 saturated carbocycles. The smallest absolute Gasteiger partial charge is 0.303 e. The number of nitrogens with zero attached hydrogens (tertiary/aromatic N) is 4. The van der Waals surface area contributed by atoms with Gasteiger partial charge >= 0.3 is 6.55 Å². The van der Waals surface area contributed by atoms with Gasteiger partial charge < -0.3 is 5.32 Å². The lowest BCUT2D eigenvalue weighted by atomic mass is 10.2. The number of alkyl halides is 2. The Morgan fingerprint density at radius 1 is 1.32 bits per heavy atom. The first-order chi connectivity index (χ1) is 10.5. The summed E-state index contributed by atoms with van der Waals surface area (Å²) in [6.45, 7) is -2.80. The molecule has 0 bridgehead atoms. The molecule has 0 saturated heterocycles. The van der Waals surface area contributed by atoms with Gasteiger partial charge in [-0.25, -0.2) is 4.68 Å². The fourth-order valence-electron chi connectivity index (χ4n) is 2.10. The Bertz CT molecular complexity index is 857. The maximum atomic E-state index is 12.5. The minimum Gasteiger partial charge on any atom is -0.303 e. The van der Waals surface area contributed by atoms with E-state index in [0.29, 0.717) is 15.1 Å². The van der Waals surface area contributed by atoms with Crippen LogP contribution >= 0.6 is 11.6 Å². The minimum atomic E-state index is -2.80. The Kier molecular flexibility index (Phi) is 3.53. The van der Waals surface area contributed by atoms with Gasteiger partial charge in [0.05, 0.1) is 15.9 Å². The summed E-state index contributed by atoms with van der Waals surface area (Å²) >= 11 is 6.13. The van der Waals surface area contributed by atoms with E-state index in [1.54, 1.807) is 29.9 Å². The van der Waals surface area contributed by atoms with Gasteiger partial charge in [-0.3, -0.25) is 9.48 Å². The molecule has 22 heavy (non-hydrogen) atoms. The molecule has 0 spiro atoms. The van der Waals surface area contributed by atoms with Gasteiger partial charge in [-0.05, 0) is 18.2 Å². The Morgan fingerprint density at radius 3 is 2.77 bits per heavy atom. The van der Waals surface area contributed by atoms with Crippen molar-refractivity contribution < 1.29 is 13.6 Å². The SMILES string of the molecule is Cn1nc(NC(=O)c2ccn(C(F)F)n2)c2c(Cl)cccc21. The van der Waals surface area contributed by atoms with Crippen molar-refractivity contribution in [2.75, 3.05) is 5.32 Å². The molecule has 1 aromatic carbocycles. The quantitative estimate of drug-likeness (QED) is 0.805. The van der Waals surface area contributed by atoms with E-state index in [0.717, 1.165) is 11.7 Å². The van der Waals surface area contributed by atoms with E-state index < -0.39 is 12.5 Å². The number of aryl methyl sites for hydroxylation is 1. The van der Waals surface area contributed by atoms with Crippen LogP contribution in [0.15, 0.2) is 30.5 Å². The van der Waals surface area contributed by atoms with Gasteiger partial charge in [0, 0.05) is 13.2 Å². The van der Waals surface area contributed by atoms with Crippen molar-refractivity contribution in [1.29, 1.82) is 0 Å². The Morgan fingerprint density at radius 2 is 2.09 bits per heavy atom. The molecule has 3 rings (SSSR count). The van der Waals surface area contributed by atoms with E-state index in [2.05, 4.69) is 15.5 Å². The molecule has 0 atom stereocenters. The van der Waals surface area contributed by atoms with Gasteiger partial charge in [0.2, 0.25) is 0 Å². The zero-order valence-corrected chi connectivity index (χ0v) is 12.1. The molecule has 1 amide bonds. The van der Waals surface area contributed by atoms with E-state index in [1.165, 1.54) is 6.07 Å². The number of benzene rings is 1. The van der Waals surface area contributed by atoms with Crippen molar-refractivity contribution in [2.24, 2.45) is 7.05 Å². The van der Waals surface area contributed by atoms with Crippen LogP contribution < -0.4 is 5.32 Å². The fraction of sp³-hybridized carbons (Fsp3) is 0.154. The molecular formula is C13H10ClF2N5O. The summed E-state index contributed by atoms with van der Waals surface area (Å²) in [5, 5.41) is 11.2. The van der Waals surface area contributed by atoms with Crippen LogP contribution in [0.3, 0.4) is 0 Å². The molecular weight excluding hydrogens is 316 g/mol. The Balaban J connectivity index is 1.94. The van der Waals surface area contributed by atoms with Gasteiger partial charge in [-0.1, -0.05) is 17.7 Å². The molecule has 2 aromatic heterocycles. The third kappa shape index (κ3) is 2.41. The highest BCUT2D eigenvalue weighted by Gasteiger charge is 2.18. The first kappa shape index (κ1) is 14.5. The molecule has 1 N–H and O–H groups in total. The van der Waals surface area contributed by atoms with Crippen molar-refractivity contribution >= 4 is 34.2 Å². The van der Waals surface area contributed by atoms with Crippen LogP contribution in [0.25, 0.3) is 10.9 Å². The van der Waals surface area contributed by atoms with Crippen LogP contribution in [0.1, 0.15) is 17.0 Å². The lowest BCUT2D eigenvalue weighted by molar-refractivity contribution is 0.0561. The number of fused-ring (bicyclic) bond motifs is 1. The highest BCUT2D eigenvalue weighted by molar-refractivity contribution is 6.36. The standard InChI is InChI=1S/C13H10ClF2N5O/c1-20-9-4-2-3-7(14)10(9)11(19-20)17-12(22)8-5-6-21(18-8)13(15)16/h2-6,13H,1H3,(H,17,19,22). The Labute approximate surface area is 128 Å². The molecule has 3 aromatic rings. The van der Waals surface area contributed by atoms with Gasteiger partial charge in [0.25, 0.3) is 5.91 Å². The summed E-state index contributed by atoms with van der Waals surface area (Å²) in [4.78, 5) is 12.1. The molecule has 2 heterocycles. The second kappa shape index (κ2) is 5.38. The Hall–Kier alpha value is -2.48. The molecule has 0 radical (unpaired) electrons. The lowest BCUT2D eigenvalue weighted by Gasteiger charge is -2.01. The normalized spacial score (nSPS) is 11.3. The van der Waals surface area contributed by atoms with Crippen LogP contribution in [0.4, 0.5) is 14.6 Å². The number of aromatic nitrogens is 4. The number of halogens is 3. The van der Waals surface area contributed by atoms with Crippen LogP contribution in [0.5, 0.6) is 0 Å². The molecule has 0 aliphatic carbocycles. The molecule has 0 aliphatic heterocycles. The van der Waals surface area contributed by atoms with Crippen molar-refractivity contribution in [2.45, 2.75) is 6.55 Å². The van der Waals surface area contributed by atoms with Gasteiger partial charge in [0.1, 0.15) is 0 Å². The van der Waals surface area contributed by atoms with E-state index in [1.807, 2.05) is 0 Å². The summed E-state index contributed by atoms with van der Waals surface area (Å²) < 4.78 is 26.9. The van der Waals surface area contributed by atoms with Crippen molar-refractivity contribution in [3.63, 3.8) is 0 Å². The van der Waals surface area contributed by atoms with Crippen LogP contribution in [-0.4, -0.2) is 25.5 Å². The maximum Gasteiger partial charge on any atom is 0.333 e. The maximum absolute atomic E-state index is 12.5. The average Bonchev–Trinajstić information content (AvgIpc) is 3.06. The number of hydrogen-bond donors (Lipinski definition) is 1. The van der Waals surface area contributed by atoms with Crippen molar-refractivity contribution in [3.8, 4) is 0 Å². The largest absolute Gasteiger partial charge is 0.333 e. The summed E-state index contributed by atoms with van der Waals surface area (Å²) in [5.41, 5.74) is 0.604. The predicted molar refractivity (Wildman–Crippen MR) is 77.2 cm³/mol. The van der Waals surface area contributed by atoms with Crippen LogP contribution in [0, 0.1) is 0 Å². The number of carbonyl (C=O) groups excluding carboxylic acids is 1. The van der Waals surface area contributed by atoms with Crippen LogP contribution in [-0.2, 0) is 7.05 Å². The number of nitrogens with one attached hydrogen (secondary N) is 1. The molecule has 114 valence electrons. The second-order valence-electron chi connectivity index (χ2n) is 4.52. The highest BCUT2D eigenvalue weighted by Crippen LogP contribution is 2.29. The predicted octanol–water partition coefficient (Wildman–Crippen LogP) is 3.07. The first-order valence-electron chi connectivity index (χ1n) is 6.23. The molecule has 0 aliphatic rings. The van der Waals surface area contributed by atoms with Gasteiger partial charge in [0.15, 0.2) is 11.5 Å². The second-order valence-corrected chi connectivity index (χ2v) is 4.93.